The van der Waals surface area contributed by atoms with Crippen molar-refractivity contribution < 1.29 is 19.1 Å². The Bertz CT molecular complexity index is 1090. The van der Waals surface area contributed by atoms with Crippen molar-refractivity contribution >= 4 is 11.8 Å². The van der Waals surface area contributed by atoms with Gasteiger partial charge in [0.25, 0.3) is 0 Å². The van der Waals surface area contributed by atoms with Gasteiger partial charge in [0.1, 0.15) is 11.4 Å². The zero-order valence-corrected chi connectivity index (χ0v) is 17.4. The van der Waals surface area contributed by atoms with Gasteiger partial charge in [-0.15, -0.1) is 0 Å². The first-order chi connectivity index (χ1) is 15.1. The van der Waals surface area contributed by atoms with Gasteiger partial charge < -0.3 is 23.8 Å². The number of likely N-dealkylation sites (tertiary alicyclic amines) is 1. The fraction of sp³-hybridized carbons (Fsp3) is 0.417. The smallest absolute Gasteiger partial charge is 0.230 e. The molecule has 2 aromatic rings. The predicted molar refractivity (Wildman–Crippen MR) is 112 cm³/mol. The molecule has 2 bridgehead atoms. The monoisotopic (exact) mass is 419 g/mol. The number of ether oxygens (including phenoxy) is 2. The van der Waals surface area contributed by atoms with Gasteiger partial charge in [0.05, 0.1) is 38.1 Å². The molecule has 5 heterocycles. The number of nitrogens with zero attached hydrogens (tertiary/aromatic N) is 3. The lowest BCUT2D eigenvalue weighted by molar-refractivity contribution is -0.144. The van der Waals surface area contributed by atoms with Gasteiger partial charge in [-0.1, -0.05) is 24.3 Å². The maximum Gasteiger partial charge on any atom is 0.230 e. The van der Waals surface area contributed by atoms with E-state index >= 15 is 0 Å². The average Bonchev–Trinajstić information content (AvgIpc) is 3.54. The van der Waals surface area contributed by atoms with Crippen LogP contribution >= 0.6 is 0 Å². The summed E-state index contributed by atoms with van der Waals surface area (Å²) in [6, 6.07) is 11.8. The van der Waals surface area contributed by atoms with Crippen LogP contribution in [0.1, 0.15) is 11.3 Å². The van der Waals surface area contributed by atoms with Crippen molar-refractivity contribution in [2.45, 2.75) is 31.3 Å². The summed E-state index contributed by atoms with van der Waals surface area (Å²) in [6.45, 7) is 2.99. The standard InChI is InChI=1S/C24H25N3O4/c1-30-18-6-2-4-16(12-18)13-27-15-24-8-7-19(31-24)20(21(24)23(27)29)22(28)26-11-10-25-9-3-5-17(25)14-26/h2-9,12,19-21H,10-11,13-15H2,1H3/t19-,20?,21?,24-/m0/s1. The fourth-order valence-electron chi connectivity index (χ4n) is 5.70. The van der Waals surface area contributed by atoms with Gasteiger partial charge >= 0.3 is 0 Å². The maximum atomic E-state index is 13.6. The lowest BCUT2D eigenvalue weighted by Gasteiger charge is -2.33. The number of rotatable bonds is 4. The van der Waals surface area contributed by atoms with Crippen molar-refractivity contribution in [2.24, 2.45) is 11.8 Å². The first-order valence-electron chi connectivity index (χ1n) is 10.8. The molecule has 31 heavy (non-hydrogen) atoms. The van der Waals surface area contributed by atoms with Gasteiger partial charge in [-0.05, 0) is 29.8 Å². The molecule has 2 fully saturated rings. The highest BCUT2D eigenvalue weighted by atomic mass is 16.5. The molecule has 1 spiro atoms. The van der Waals surface area contributed by atoms with Crippen LogP contribution in [0, 0.1) is 11.8 Å². The Balaban J connectivity index is 1.24. The van der Waals surface area contributed by atoms with Crippen LogP contribution in [0.25, 0.3) is 0 Å². The Hall–Kier alpha value is -3.06. The molecule has 4 aliphatic heterocycles. The molecular weight excluding hydrogens is 394 g/mol. The Morgan fingerprint density at radius 1 is 1.26 bits per heavy atom. The van der Waals surface area contributed by atoms with E-state index in [-0.39, 0.29) is 17.9 Å². The van der Waals surface area contributed by atoms with E-state index in [9.17, 15) is 9.59 Å². The molecule has 1 aromatic heterocycles. The minimum absolute atomic E-state index is 0.00778. The van der Waals surface area contributed by atoms with Crippen LogP contribution in [-0.2, 0) is 34.0 Å². The van der Waals surface area contributed by atoms with Gasteiger partial charge in [-0.25, -0.2) is 0 Å². The zero-order chi connectivity index (χ0) is 21.2. The highest BCUT2D eigenvalue weighted by Gasteiger charge is 2.67. The summed E-state index contributed by atoms with van der Waals surface area (Å²) in [5.74, 6) is -0.0928. The third-order valence-corrected chi connectivity index (χ3v) is 7.17. The second kappa shape index (κ2) is 6.72. The Labute approximate surface area is 180 Å². The minimum Gasteiger partial charge on any atom is -0.497 e. The fourth-order valence-corrected chi connectivity index (χ4v) is 5.70. The van der Waals surface area contributed by atoms with Crippen molar-refractivity contribution in [3.63, 3.8) is 0 Å². The topological polar surface area (TPSA) is 64.0 Å². The van der Waals surface area contributed by atoms with E-state index in [2.05, 4.69) is 10.6 Å². The summed E-state index contributed by atoms with van der Waals surface area (Å²) in [7, 11) is 1.63. The molecule has 0 radical (unpaired) electrons. The molecule has 7 heteroatoms. The Kier molecular flexibility index (Phi) is 4.05. The molecule has 7 nitrogen and oxygen atoms in total. The predicted octanol–water partition coefficient (Wildman–Crippen LogP) is 1.82. The molecule has 0 aliphatic carbocycles. The quantitative estimate of drug-likeness (QED) is 0.710. The second-order valence-corrected chi connectivity index (χ2v) is 8.90. The second-order valence-electron chi connectivity index (χ2n) is 8.90. The van der Waals surface area contributed by atoms with Crippen LogP contribution in [0.3, 0.4) is 0 Å². The van der Waals surface area contributed by atoms with Crippen LogP contribution in [0.15, 0.2) is 54.7 Å². The van der Waals surface area contributed by atoms with Gasteiger partial charge in [-0.3, -0.25) is 9.59 Å². The van der Waals surface area contributed by atoms with Crippen LogP contribution in [0.2, 0.25) is 0 Å². The molecule has 6 rings (SSSR count). The van der Waals surface area contributed by atoms with Crippen molar-refractivity contribution in [3.8, 4) is 5.75 Å². The Morgan fingerprint density at radius 3 is 3.03 bits per heavy atom. The van der Waals surface area contributed by atoms with Crippen LogP contribution in [-0.4, -0.2) is 58.1 Å². The maximum absolute atomic E-state index is 13.6. The highest BCUT2D eigenvalue weighted by Crippen LogP contribution is 2.52. The van der Waals surface area contributed by atoms with Gasteiger partial charge in [0.15, 0.2) is 0 Å². The van der Waals surface area contributed by atoms with E-state index in [4.69, 9.17) is 9.47 Å². The van der Waals surface area contributed by atoms with Crippen LogP contribution in [0.4, 0.5) is 0 Å². The molecule has 2 saturated heterocycles. The van der Waals surface area contributed by atoms with E-state index in [1.165, 1.54) is 0 Å². The largest absolute Gasteiger partial charge is 0.497 e. The Morgan fingerprint density at radius 2 is 2.16 bits per heavy atom. The lowest BCUT2D eigenvalue weighted by Crippen LogP contribution is -2.48. The summed E-state index contributed by atoms with van der Waals surface area (Å²) in [5.41, 5.74) is 1.45. The first-order valence-corrected chi connectivity index (χ1v) is 10.8. The number of carbonyl (C=O) groups is 2. The third-order valence-electron chi connectivity index (χ3n) is 7.17. The lowest BCUT2D eigenvalue weighted by atomic mass is 9.76. The number of aromatic nitrogens is 1. The summed E-state index contributed by atoms with van der Waals surface area (Å²) in [5, 5.41) is 0. The zero-order valence-electron chi connectivity index (χ0n) is 17.4. The van der Waals surface area contributed by atoms with Gasteiger partial charge in [0.2, 0.25) is 11.8 Å². The first kappa shape index (κ1) is 18.7. The van der Waals surface area contributed by atoms with E-state index in [0.717, 1.165) is 23.6 Å². The molecule has 4 aliphatic rings. The molecule has 0 saturated carbocycles. The van der Waals surface area contributed by atoms with Crippen molar-refractivity contribution in [1.82, 2.24) is 14.4 Å². The molecule has 2 amide bonds. The van der Waals surface area contributed by atoms with Crippen LogP contribution in [0.5, 0.6) is 5.75 Å². The highest BCUT2D eigenvalue weighted by molar-refractivity contribution is 5.93. The minimum atomic E-state index is -0.684. The van der Waals surface area contributed by atoms with E-state index in [1.807, 2.05) is 58.5 Å². The summed E-state index contributed by atoms with van der Waals surface area (Å²) >= 11 is 0. The summed E-state index contributed by atoms with van der Waals surface area (Å²) < 4.78 is 13.8. The number of fused-ring (bicyclic) bond motifs is 2. The number of amides is 2. The number of hydrogen-bond acceptors (Lipinski definition) is 4. The van der Waals surface area contributed by atoms with E-state index in [1.54, 1.807) is 7.11 Å². The third kappa shape index (κ3) is 2.76. The van der Waals surface area contributed by atoms with Gasteiger partial charge in [0, 0.05) is 31.5 Å². The van der Waals surface area contributed by atoms with Crippen molar-refractivity contribution in [2.75, 3.05) is 20.2 Å². The summed E-state index contributed by atoms with van der Waals surface area (Å²) in [6.07, 6.45) is 5.73. The number of hydrogen-bond donors (Lipinski definition) is 0. The number of benzene rings is 1. The van der Waals surface area contributed by atoms with E-state index in [0.29, 0.717) is 26.2 Å². The SMILES string of the molecule is COc1cccc(CN2C[C@]34C=C[C@H](O3)C(C(=O)N3CCn5cccc5C3)C4C2=O)c1. The molecule has 1 aromatic carbocycles. The number of carbonyl (C=O) groups excluding carboxylic acids is 2. The van der Waals surface area contributed by atoms with E-state index < -0.39 is 17.4 Å². The molecule has 4 atom stereocenters. The van der Waals surface area contributed by atoms with Crippen LogP contribution < -0.4 is 4.74 Å². The molecular formula is C24H25N3O4. The molecule has 160 valence electrons. The van der Waals surface area contributed by atoms with Crippen molar-refractivity contribution in [3.05, 3.63) is 66.0 Å². The molecule has 0 N–H and O–H groups in total. The summed E-state index contributed by atoms with van der Waals surface area (Å²) in [4.78, 5) is 30.8. The number of methoxy groups -OCH3 is 1. The molecule has 2 unspecified atom stereocenters. The average molecular weight is 419 g/mol. The van der Waals surface area contributed by atoms with Gasteiger partial charge in [-0.2, -0.15) is 0 Å². The van der Waals surface area contributed by atoms with Crippen molar-refractivity contribution in [1.29, 1.82) is 0 Å². The normalized spacial score (nSPS) is 30.6.